The largest absolute Gasteiger partial charge is 0.456 e. The van der Waals surface area contributed by atoms with Crippen LogP contribution in [0.4, 0.5) is 0 Å². The van der Waals surface area contributed by atoms with Gasteiger partial charge in [0.1, 0.15) is 6.10 Å². The zero-order chi connectivity index (χ0) is 29.4. The third-order valence-corrected chi connectivity index (χ3v) is 7.57. The van der Waals surface area contributed by atoms with E-state index in [1.807, 2.05) is 0 Å². The molecular weight excluding hydrogens is 552 g/mol. The van der Waals surface area contributed by atoms with Gasteiger partial charge in [-0.05, 0) is 17.7 Å². The number of rotatable bonds is 5. The molecule has 41 heavy (non-hydrogen) atoms. The standard InChI is InChI=1S/C31H27ClO9/c1-15(33)39-24-14-38-29(31(41-17(3)35)30(24)40-16(2)34)23-13-12-20(18-8-10-19(32)11-9-18)25-26(23)28(37)22-7-5-4-6-21(22)27(25)36/h4-13,20,23-24,29-31H,14H2,1-3H3/t20?,23?,24-,29+,30+,31+/m1/s1. The number of fused-ring (bicyclic) bond motifs is 1. The fourth-order valence-corrected chi connectivity index (χ4v) is 5.90. The fraction of sp³-hybridized carbons (Fsp3) is 0.323. The van der Waals surface area contributed by atoms with E-state index in [4.69, 9.17) is 30.5 Å². The number of allylic oxidation sites excluding steroid dienone is 2. The van der Waals surface area contributed by atoms with Gasteiger partial charge < -0.3 is 18.9 Å². The Kier molecular flexibility index (Phi) is 7.93. The third-order valence-electron chi connectivity index (χ3n) is 7.32. The number of Topliss-reactive ketones (excluding diaryl/α,β-unsaturated/α-hetero) is 2. The minimum absolute atomic E-state index is 0.200. The first-order valence-corrected chi connectivity index (χ1v) is 13.4. The normalized spacial score (nSPS) is 27.0. The minimum Gasteiger partial charge on any atom is -0.456 e. The number of carbonyl (C=O) groups excluding carboxylic acids is 5. The van der Waals surface area contributed by atoms with E-state index in [0.29, 0.717) is 5.02 Å². The van der Waals surface area contributed by atoms with Crippen LogP contribution in [-0.4, -0.2) is 60.5 Å². The lowest BCUT2D eigenvalue weighted by Gasteiger charge is -2.44. The highest BCUT2D eigenvalue weighted by atomic mass is 35.5. The van der Waals surface area contributed by atoms with E-state index in [2.05, 4.69) is 0 Å². The molecule has 1 aliphatic heterocycles. The van der Waals surface area contributed by atoms with Gasteiger partial charge in [0.05, 0.1) is 6.61 Å². The van der Waals surface area contributed by atoms with Crippen molar-refractivity contribution in [1.82, 2.24) is 0 Å². The molecule has 2 aromatic rings. The molecule has 3 aliphatic rings. The van der Waals surface area contributed by atoms with Crippen LogP contribution in [0.2, 0.25) is 5.02 Å². The smallest absolute Gasteiger partial charge is 0.303 e. The highest BCUT2D eigenvalue weighted by Crippen LogP contribution is 2.45. The first-order valence-electron chi connectivity index (χ1n) is 13.1. The van der Waals surface area contributed by atoms with E-state index < -0.39 is 54.2 Å². The fourth-order valence-electron chi connectivity index (χ4n) is 5.78. The van der Waals surface area contributed by atoms with E-state index in [1.54, 1.807) is 60.7 Å². The molecule has 1 fully saturated rings. The van der Waals surface area contributed by atoms with Crippen molar-refractivity contribution in [3.05, 3.63) is 93.5 Å². The Morgan fingerprint density at radius 3 is 1.90 bits per heavy atom. The Morgan fingerprint density at radius 2 is 1.32 bits per heavy atom. The lowest BCUT2D eigenvalue weighted by molar-refractivity contribution is -0.229. The number of halogens is 1. The molecule has 2 aromatic carbocycles. The van der Waals surface area contributed by atoms with E-state index in [1.165, 1.54) is 20.8 Å². The topological polar surface area (TPSA) is 122 Å². The summed E-state index contributed by atoms with van der Waals surface area (Å²) in [5, 5.41) is 0.524. The van der Waals surface area contributed by atoms with Gasteiger partial charge in [-0.25, -0.2) is 0 Å². The van der Waals surface area contributed by atoms with Crippen molar-refractivity contribution in [3.8, 4) is 0 Å². The first-order chi connectivity index (χ1) is 19.6. The number of esters is 3. The van der Waals surface area contributed by atoms with Crippen LogP contribution < -0.4 is 0 Å². The van der Waals surface area contributed by atoms with Crippen molar-refractivity contribution in [3.63, 3.8) is 0 Å². The Hall–Kier alpha value is -4.08. The summed E-state index contributed by atoms with van der Waals surface area (Å²) in [7, 11) is 0. The minimum atomic E-state index is -1.26. The van der Waals surface area contributed by atoms with Crippen LogP contribution in [0, 0.1) is 5.92 Å². The van der Waals surface area contributed by atoms with Crippen molar-refractivity contribution >= 4 is 41.1 Å². The molecule has 0 saturated carbocycles. The quantitative estimate of drug-likeness (QED) is 0.292. The Labute approximate surface area is 241 Å². The van der Waals surface area contributed by atoms with Crippen LogP contribution in [0.1, 0.15) is 53.0 Å². The average Bonchev–Trinajstić information content (AvgIpc) is 2.92. The summed E-state index contributed by atoms with van der Waals surface area (Å²) in [5.74, 6) is -4.12. The molecule has 212 valence electrons. The van der Waals surface area contributed by atoms with Crippen LogP contribution in [0.15, 0.2) is 71.8 Å². The van der Waals surface area contributed by atoms with Crippen LogP contribution in [0.3, 0.4) is 0 Å². The second-order valence-electron chi connectivity index (χ2n) is 10.1. The first kappa shape index (κ1) is 28.4. The number of benzene rings is 2. The second-order valence-corrected chi connectivity index (χ2v) is 10.5. The molecule has 0 bridgehead atoms. The van der Waals surface area contributed by atoms with Crippen molar-refractivity contribution in [2.45, 2.75) is 51.1 Å². The molecule has 0 radical (unpaired) electrons. The van der Waals surface area contributed by atoms with E-state index in [0.717, 1.165) is 5.56 Å². The van der Waals surface area contributed by atoms with Crippen molar-refractivity contribution < 1.29 is 42.9 Å². The van der Waals surface area contributed by atoms with Crippen molar-refractivity contribution in [2.24, 2.45) is 5.92 Å². The molecule has 0 N–H and O–H groups in total. The van der Waals surface area contributed by atoms with Gasteiger partial charge >= 0.3 is 17.9 Å². The second kappa shape index (κ2) is 11.4. The van der Waals surface area contributed by atoms with Gasteiger partial charge in [0.15, 0.2) is 29.9 Å². The van der Waals surface area contributed by atoms with Gasteiger partial charge in [-0.2, -0.15) is 0 Å². The highest BCUT2D eigenvalue weighted by Gasteiger charge is 2.52. The number of hydrogen-bond acceptors (Lipinski definition) is 9. The molecule has 1 saturated heterocycles. The Balaban J connectivity index is 1.64. The van der Waals surface area contributed by atoms with Gasteiger partial charge in [-0.3, -0.25) is 24.0 Å². The monoisotopic (exact) mass is 578 g/mol. The molecule has 1 heterocycles. The van der Waals surface area contributed by atoms with Gasteiger partial charge in [-0.1, -0.05) is 60.2 Å². The van der Waals surface area contributed by atoms with Crippen LogP contribution >= 0.6 is 11.6 Å². The summed E-state index contributed by atoms with van der Waals surface area (Å²) in [5.41, 5.74) is 1.77. The predicted molar refractivity (Wildman–Crippen MR) is 145 cm³/mol. The molecule has 0 amide bonds. The van der Waals surface area contributed by atoms with E-state index in [-0.39, 0.29) is 40.4 Å². The number of ether oxygens (including phenoxy) is 4. The average molecular weight is 579 g/mol. The Morgan fingerprint density at radius 1 is 0.756 bits per heavy atom. The Bertz CT molecular complexity index is 1490. The number of carbonyl (C=O) groups is 5. The van der Waals surface area contributed by atoms with Gasteiger partial charge in [-0.15, -0.1) is 0 Å². The van der Waals surface area contributed by atoms with Gasteiger partial charge in [0.2, 0.25) is 0 Å². The van der Waals surface area contributed by atoms with Crippen LogP contribution in [-0.2, 0) is 33.3 Å². The summed E-state index contributed by atoms with van der Waals surface area (Å²) in [6.45, 7) is 3.35. The maximum Gasteiger partial charge on any atom is 0.303 e. The molecule has 0 aromatic heterocycles. The number of ketones is 2. The zero-order valence-electron chi connectivity index (χ0n) is 22.5. The van der Waals surface area contributed by atoms with E-state index in [9.17, 15) is 24.0 Å². The third kappa shape index (κ3) is 5.47. The maximum atomic E-state index is 14.1. The molecule has 2 unspecified atom stereocenters. The summed E-state index contributed by atoms with van der Waals surface area (Å²) in [6, 6.07) is 13.6. The molecular formula is C31H27ClO9. The van der Waals surface area contributed by atoms with E-state index >= 15 is 0 Å². The molecule has 2 aliphatic carbocycles. The molecule has 6 atom stereocenters. The molecule has 10 heteroatoms. The SMILES string of the molecule is CC(=O)O[C@@H]1[C@@H](OC(C)=O)[C@H](C2C=CC(c3ccc(Cl)cc3)C3=C2C(=O)c2ccccc2C3=O)OC[C@H]1OC(C)=O. The molecule has 0 spiro atoms. The van der Waals surface area contributed by atoms with Gasteiger partial charge in [0.25, 0.3) is 0 Å². The van der Waals surface area contributed by atoms with Crippen molar-refractivity contribution in [2.75, 3.05) is 6.61 Å². The summed E-state index contributed by atoms with van der Waals surface area (Å²) in [4.78, 5) is 64.2. The predicted octanol–water partition coefficient (Wildman–Crippen LogP) is 4.18. The van der Waals surface area contributed by atoms with Crippen LogP contribution in [0.25, 0.3) is 0 Å². The highest BCUT2D eigenvalue weighted by molar-refractivity contribution is 6.30. The lowest BCUT2D eigenvalue weighted by atomic mass is 9.67. The molecule has 9 nitrogen and oxygen atoms in total. The maximum absolute atomic E-state index is 14.1. The summed E-state index contributed by atoms with van der Waals surface area (Å²) in [6.07, 6.45) is -1.04. The van der Waals surface area contributed by atoms with Crippen LogP contribution in [0.5, 0.6) is 0 Å². The molecule has 5 rings (SSSR count). The van der Waals surface area contributed by atoms with Gasteiger partial charge in [0, 0.05) is 59.9 Å². The zero-order valence-corrected chi connectivity index (χ0v) is 23.3. The lowest BCUT2D eigenvalue weighted by Crippen LogP contribution is -2.59. The summed E-state index contributed by atoms with van der Waals surface area (Å²) >= 11 is 6.11. The van der Waals surface area contributed by atoms with Crippen molar-refractivity contribution in [1.29, 1.82) is 0 Å². The number of hydrogen-bond donors (Lipinski definition) is 0. The summed E-state index contributed by atoms with van der Waals surface area (Å²) < 4.78 is 22.6.